The van der Waals surface area contributed by atoms with Crippen molar-refractivity contribution in [2.75, 3.05) is 10.6 Å². The maximum atomic E-state index is 12.1. The van der Waals surface area contributed by atoms with Crippen molar-refractivity contribution in [3.05, 3.63) is 48.3 Å². The number of aromatic amines is 1. The number of amides is 2. The van der Waals surface area contributed by atoms with E-state index in [1.807, 2.05) is 12.1 Å². The van der Waals surface area contributed by atoms with E-state index in [-0.39, 0.29) is 11.8 Å². The van der Waals surface area contributed by atoms with E-state index < -0.39 is 0 Å². The number of benzene rings is 1. The molecule has 7 heteroatoms. The van der Waals surface area contributed by atoms with Gasteiger partial charge in [-0.15, -0.1) is 5.10 Å². The van der Waals surface area contributed by atoms with Crippen LogP contribution in [-0.4, -0.2) is 27.0 Å². The van der Waals surface area contributed by atoms with Gasteiger partial charge in [-0.1, -0.05) is 31.6 Å². The number of rotatable bonds is 7. The molecular weight excluding hydrogens is 330 g/mol. The molecule has 1 aromatic carbocycles. The standard InChI is InChI=1S/C19H23N5O2/c1-2-16(25)20-15-10-7-13(8-11-15)9-12-17(26)21-19-22-18(23-24-19)14-5-3-4-6-14/h2,7-8,10-11,14H,1,3-6,9,12H2,(H,20,25)(H2,21,22,23,24,26). The number of hydrogen-bond acceptors (Lipinski definition) is 4. The van der Waals surface area contributed by atoms with Crippen molar-refractivity contribution < 1.29 is 9.59 Å². The summed E-state index contributed by atoms with van der Waals surface area (Å²) in [5, 5.41) is 12.4. The number of nitrogens with one attached hydrogen (secondary N) is 3. The molecule has 0 aliphatic heterocycles. The largest absolute Gasteiger partial charge is 0.323 e. The number of carbonyl (C=O) groups is 2. The van der Waals surface area contributed by atoms with Crippen LogP contribution in [-0.2, 0) is 16.0 Å². The zero-order chi connectivity index (χ0) is 18.4. The lowest BCUT2D eigenvalue weighted by atomic mass is 10.1. The Balaban J connectivity index is 1.46. The summed E-state index contributed by atoms with van der Waals surface area (Å²) < 4.78 is 0. The highest BCUT2D eigenvalue weighted by molar-refractivity contribution is 5.98. The average molecular weight is 353 g/mol. The lowest BCUT2D eigenvalue weighted by Crippen LogP contribution is -2.13. The molecule has 0 saturated heterocycles. The molecule has 3 N–H and O–H groups in total. The van der Waals surface area contributed by atoms with Gasteiger partial charge in [-0.3, -0.25) is 20.0 Å². The molecule has 0 unspecified atom stereocenters. The van der Waals surface area contributed by atoms with Gasteiger partial charge in [0, 0.05) is 18.0 Å². The first-order chi connectivity index (χ1) is 12.6. The Bertz CT molecular complexity index is 775. The second-order valence-electron chi connectivity index (χ2n) is 6.46. The van der Waals surface area contributed by atoms with Crippen LogP contribution in [0.3, 0.4) is 0 Å². The predicted molar refractivity (Wildman–Crippen MR) is 99.8 cm³/mol. The maximum Gasteiger partial charge on any atom is 0.248 e. The van der Waals surface area contributed by atoms with Crippen LogP contribution < -0.4 is 10.6 Å². The number of carbonyl (C=O) groups excluding carboxylic acids is 2. The van der Waals surface area contributed by atoms with Crippen LogP contribution in [0.25, 0.3) is 0 Å². The molecule has 1 fully saturated rings. The second-order valence-corrected chi connectivity index (χ2v) is 6.46. The van der Waals surface area contributed by atoms with E-state index in [0.29, 0.717) is 30.4 Å². The minimum Gasteiger partial charge on any atom is -0.323 e. The van der Waals surface area contributed by atoms with Crippen molar-refractivity contribution >= 4 is 23.5 Å². The number of anilines is 2. The van der Waals surface area contributed by atoms with Crippen molar-refractivity contribution in [1.82, 2.24) is 15.2 Å². The van der Waals surface area contributed by atoms with Gasteiger partial charge in [-0.2, -0.15) is 4.98 Å². The molecule has 26 heavy (non-hydrogen) atoms. The highest BCUT2D eigenvalue weighted by Gasteiger charge is 2.20. The maximum absolute atomic E-state index is 12.1. The number of H-pyrrole nitrogens is 1. The van der Waals surface area contributed by atoms with Crippen molar-refractivity contribution in [2.24, 2.45) is 0 Å². The summed E-state index contributed by atoms with van der Waals surface area (Å²) in [5.41, 5.74) is 1.71. The third kappa shape index (κ3) is 4.78. The number of aryl methyl sites for hydroxylation is 1. The Morgan fingerprint density at radius 1 is 1.19 bits per heavy atom. The number of hydrogen-bond donors (Lipinski definition) is 3. The quantitative estimate of drug-likeness (QED) is 0.666. The molecule has 1 aromatic heterocycles. The molecule has 0 atom stereocenters. The van der Waals surface area contributed by atoms with Crippen LogP contribution in [0.2, 0.25) is 0 Å². The Hall–Kier alpha value is -2.96. The summed E-state index contributed by atoms with van der Waals surface area (Å²) in [6.07, 6.45) is 6.87. The molecule has 0 spiro atoms. The average Bonchev–Trinajstić information content (AvgIpc) is 3.32. The lowest BCUT2D eigenvalue weighted by molar-refractivity contribution is -0.116. The zero-order valence-electron chi connectivity index (χ0n) is 14.6. The molecular formula is C19H23N5O2. The smallest absolute Gasteiger partial charge is 0.248 e. The normalized spacial score (nSPS) is 14.2. The van der Waals surface area contributed by atoms with Gasteiger partial charge >= 0.3 is 0 Å². The van der Waals surface area contributed by atoms with E-state index in [0.717, 1.165) is 24.2 Å². The van der Waals surface area contributed by atoms with Crippen LogP contribution in [0.4, 0.5) is 11.6 Å². The van der Waals surface area contributed by atoms with Gasteiger partial charge in [0.2, 0.25) is 17.8 Å². The van der Waals surface area contributed by atoms with Crippen molar-refractivity contribution in [3.8, 4) is 0 Å². The Labute approximate surface area is 152 Å². The molecule has 2 aromatic rings. The van der Waals surface area contributed by atoms with Crippen LogP contribution in [0.5, 0.6) is 0 Å². The van der Waals surface area contributed by atoms with E-state index in [2.05, 4.69) is 32.4 Å². The fourth-order valence-corrected chi connectivity index (χ4v) is 3.11. The third-order valence-electron chi connectivity index (χ3n) is 4.54. The van der Waals surface area contributed by atoms with Crippen LogP contribution in [0.1, 0.15) is 49.4 Å². The van der Waals surface area contributed by atoms with Crippen LogP contribution >= 0.6 is 0 Å². The van der Waals surface area contributed by atoms with E-state index in [9.17, 15) is 9.59 Å². The number of nitrogens with zero attached hydrogens (tertiary/aromatic N) is 2. The molecule has 0 bridgehead atoms. The summed E-state index contributed by atoms with van der Waals surface area (Å²) >= 11 is 0. The van der Waals surface area contributed by atoms with Gasteiger partial charge in [0.1, 0.15) is 5.82 Å². The molecule has 0 radical (unpaired) electrons. The highest BCUT2D eigenvalue weighted by atomic mass is 16.2. The molecule has 136 valence electrons. The number of aromatic nitrogens is 3. The van der Waals surface area contributed by atoms with Gasteiger partial charge < -0.3 is 5.32 Å². The highest BCUT2D eigenvalue weighted by Crippen LogP contribution is 2.32. The fourth-order valence-electron chi connectivity index (χ4n) is 3.11. The third-order valence-corrected chi connectivity index (χ3v) is 4.54. The van der Waals surface area contributed by atoms with Gasteiger partial charge in [-0.05, 0) is 43.0 Å². The first-order valence-corrected chi connectivity index (χ1v) is 8.88. The van der Waals surface area contributed by atoms with Gasteiger partial charge in [-0.25, -0.2) is 0 Å². The fraction of sp³-hybridized carbons (Fsp3) is 0.368. The van der Waals surface area contributed by atoms with Gasteiger partial charge in [0.05, 0.1) is 0 Å². The summed E-state index contributed by atoms with van der Waals surface area (Å²) in [7, 11) is 0. The Morgan fingerprint density at radius 3 is 2.62 bits per heavy atom. The van der Waals surface area contributed by atoms with Crippen LogP contribution in [0, 0.1) is 0 Å². The molecule has 7 nitrogen and oxygen atoms in total. The monoisotopic (exact) mass is 353 g/mol. The first kappa shape index (κ1) is 17.8. The molecule has 1 heterocycles. The van der Waals surface area contributed by atoms with Gasteiger partial charge in [0.25, 0.3) is 0 Å². The molecule has 2 amide bonds. The van der Waals surface area contributed by atoms with E-state index >= 15 is 0 Å². The molecule has 1 saturated carbocycles. The summed E-state index contributed by atoms with van der Waals surface area (Å²) in [4.78, 5) is 27.7. The topological polar surface area (TPSA) is 99.8 Å². The molecule has 1 aliphatic rings. The van der Waals surface area contributed by atoms with Crippen molar-refractivity contribution in [1.29, 1.82) is 0 Å². The van der Waals surface area contributed by atoms with Crippen molar-refractivity contribution in [2.45, 2.75) is 44.4 Å². The van der Waals surface area contributed by atoms with E-state index in [1.54, 1.807) is 12.1 Å². The summed E-state index contributed by atoms with van der Waals surface area (Å²) in [5.74, 6) is 1.29. The summed E-state index contributed by atoms with van der Waals surface area (Å²) in [6, 6.07) is 7.38. The Morgan fingerprint density at radius 2 is 1.92 bits per heavy atom. The Kier molecular flexibility index (Phi) is 5.78. The summed E-state index contributed by atoms with van der Waals surface area (Å²) in [6.45, 7) is 3.41. The minimum absolute atomic E-state index is 0.119. The van der Waals surface area contributed by atoms with Gasteiger partial charge in [0.15, 0.2) is 0 Å². The SMILES string of the molecule is C=CC(=O)Nc1ccc(CCC(=O)Nc2n[nH]c(C3CCCC3)n2)cc1. The zero-order valence-corrected chi connectivity index (χ0v) is 14.6. The van der Waals surface area contributed by atoms with E-state index in [1.165, 1.54) is 18.9 Å². The first-order valence-electron chi connectivity index (χ1n) is 8.88. The minimum atomic E-state index is -0.249. The predicted octanol–water partition coefficient (Wildman–Crippen LogP) is 3.16. The lowest BCUT2D eigenvalue weighted by Gasteiger charge is -2.05. The molecule has 1 aliphatic carbocycles. The molecule has 3 rings (SSSR count). The van der Waals surface area contributed by atoms with E-state index in [4.69, 9.17) is 0 Å². The second kappa shape index (κ2) is 8.42. The van der Waals surface area contributed by atoms with Crippen LogP contribution in [0.15, 0.2) is 36.9 Å². The van der Waals surface area contributed by atoms with Crippen molar-refractivity contribution in [3.63, 3.8) is 0 Å².